The molecule has 0 amide bonds. The molecule has 2 fully saturated rings. The molecule has 1 aliphatic heterocycles. The second-order valence-electron chi connectivity index (χ2n) is 9.93. The van der Waals surface area contributed by atoms with Crippen LogP contribution in [0.4, 0.5) is 0 Å². The molecule has 27 heavy (non-hydrogen) atoms. The van der Waals surface area contributed by atoms with E-state index in [1.807, 2.05) is 39.8 Å². The highest BCUT2D eigenvalue weighted by Gasteiger charge is 2.52. The van der Waals surface area contributed by atoms with Gasteiger partial charge in [-0.05, 0) is 69.3 Å². The summed E-state index contributed by atoms with van der Waals surface area (Å²) >= 11 is 0. The van der Waals surface area contributed by atoms with Crippen LogP contribution in [0.3, 0.4) is 0 Å². The molecule has 0 radical (unpaired) electrons. The number of hydrogen-bond donors (Lipinski definition) is 2. The van der Waals surface area contributed by atoms with Crippen molar-refractivity contribution in [2.75, 3.05) is 0 Å². The van der Waals surface area contributed by atoms with E-state index in [1.54, 1.807) is 12.1 Å². The fourth-order valence-electron chi connectivity index (χ4n) is 3.95. The first-order valence-electron chi connectivity index (χ1n) is 9.77. The normalized spacial score (nSPS) is 23.9. The van der Waals surface area contributed by atoms with Gasteiger partial charge in [0.15, 0.2) is 0 Å². The summed E-state index contributed by atoms with van der Waals surface area (Å²) in [5.74, 6) is -0.427. The molecule has 0 spiro atoms. The molecule has 3 rings (SSSR count). The molecular weight excluding hydrogens is 341 g/mol. The monoisotopic (exact) mass is 373 g/mol. The molecule has 2 aliphatic rings. The average molecular weight is 373 g/mol. The second kappa shape index (κ2) is 6.33. The van der Waals surface area contributed by atoms with E-state index in [4.69, 9.17) is 15.0 Å². The molecule has 5 nitrogen and oxygen atoms in total. The minimum absolute atomic E-state index is 0.0997. The lowest BCUT2D eigenvalue weighted by Gasteiger charge is -2.35. The van der Waals surface area contributed by atoms with Gasteiger partial charge >= 0.3 is 13.1 Å². The summed E-state index contributed by atoms with van der Waals surface area (Å²) in [6.45, 7) is 12.3. The number of carboxylic acid groups (broad SMARTS) is 1. The molecule has 1 unspecified atom stereocenters. The Bertz CT molecular complexity index is 708. The first-order valence-corrected chi connectivity index (χ1v) is 9.77. The van der Waals surface area contributed by atoms with Crippen LogP contribution < -0.4 is 11.2 Å². The van der Waals surface area contributed by atoms with Gasteiger partial charge in [-0.3, -0.25) is 0 Å². The molecular formula is C21H32BNO4. The van der Waals surface area contributed by atoms with Crippen molar-refractivity contribution in [3.63, 3.8) is 0 Å². The standard InChI is InChI=1S/C21H32BNO4/c1-18(2,14-7-8-14)13-21(23,17(24)25)15-9-11-16(12-10-15)22-26-19(3,4)20(5,6)27-22/h9-12,14H,7-8,13,23H2,1-6H3,(H,24,25). The van der Waals surface area contributed by atoms with Gasteiger partial charge in [0.05, 0.1) is 11.2 Å². The summed E-state index contributed by atoms with van der Waals surface area (Å²) in [7, 11) is -0.469. The van der Waals surface area contributed by atoms with Gasteiger partial charge < -0.3 is 20.1 Å². The number of carboxylic acids is 1. The summed E-state index contributed by atoms with van der Waals surface area (Å²) in [5.41, 5.74) is 5.59. The van der Waals surface area contributed by atoms with Crippen molar-refractivity contribution in [2.24, 2.45) is 17.1 Å². The first kappa shape index (κ1) is 20.4. The second-order valence-corrected chi connectivity index (χ2v) is 9.93. The maximum absolute atomic E-state index is 12.1. The van der Waals surface area contributed by atoms with Gasteiger partial charge in [0.25, 0.3) is 0 Å². The van der Waals surface area contributed by atoms with Crippen molar-refractivity contribution >= 4 is 18.6 Å². The molecule has 0 aromatic heterocycles. The van der Waals surface area contributed by atoms with Gasteiger partial charge in [-0.25, -0.2) is 4.79 Å². The van der Waals surface area contributed by atoms with E-state index in [-0.39, 0.29) is 5.41 Å². The number of hydrogen-bond acceptors (Lipinski definition) is 4. The highest BCUT2D eigenvalue weighted by atomic mass is 16.7. The lowest BCUT2D eigenvalue weighted by molar-refractivity contribution is -0.145. The van der Waals surface area contributed by atoms with Gasteiger partial charge in [-0.15, -0.1) is 0 Å². The summed E-state index contributed by atoms with van der Waals surface area (Å²) in [6.07, 6.45) is 2.73. The maximum atomic E-state index is 12.1. The Kier molecular flexibility index (Phi) is 4.77. The van der Waals surface area contributed by atoms with Crippen molar-refractivity contribution in [1.82, 2.24) is 0 Å². The zero-order valence-electron chi connectivity index (χ0n) is 17.3. The number of aliphatic carboxylic acids is 1. The van der Waals surface area contributed by atoms with Gasteiger partial charge in [0.2, 0.25) is 0 Å². The molecule has 0 bridgehead atoms. The van der Waals surface area contributed by atoms with Crippen molar-refractivity contribution < 1.29 is 19.2 Å². The fraction of sp³-hybridized carbons (Fsp3) is 0.667. The van der Waals surface area contributed by atoms with Crippen LogP contribution in [0.5, 0.6) is 0 Å². The lowest BCUT2D eigenvalue weighted by Crippen LogP contribution is -2.48. The Morgan fingerprint density at radius 2 is 1.63 bits per heavy atom. The molecule has 1 heterocycles. The van der Waals surface area contributed by atoms with E-state index >= 15 is 0 Å². The topological polar surface area (TPSA) is 81.8 Å². The lowest BCUT2D eigenvalue weighted by atomic mass is 9.71. The highest BCUT2D eigenvalue weighted by molar-refractivity contribution is 6.62. The number of rotatable bonds is 6. The minimum atomic E-state index is -1.40. The van der Waals surface area contributed by atoms with Crippen LogP contribution >= 0.6 is 0 Å². The molecule has 1 saturated heterocycles. The molecule has 1 aromatic rings. The number of nitrogens with two attached hydrogens (primary N) is 1. The van der Waals surface area contributed by atoms with Gasteiger partial charge in [-0.2, -0.15) is 0 Å². The third-order valence-corrected chi connectivity index (χ3v) is 6.75. The highest BCUT2D eigenvalue weighted by Crippen LogP contribution is 2.50. The van der Waals surface area contributed by atoms with Gasteiger partial charge in [0, 0.05) is 0 Å². The Hall–Kier alpha value is -1.37. The molecule has 1 aliphatic carbocycles. The molecule has 6 heteroatoms. The van der Waals surface area contributed by atoms with Crippen LogP contribution in [0, 0.1) is 11.3 Å². The summed E-state index contributed by atoms with van der Waals surface area (Å²) in [6, 6.07) is 7.34. The van der Waals surface area contributed by atoms with Crippen LogP contribution in [-0.2, 0) is 19.6 Å². The van der Waals surface area contributed by atoms with E-state index in [9.17, 15) is 9.90 Å². The van der Waals surface area contributed by atoms with Gasteiger partial charge in [-0.1, -0.05) is 38.1 Å². The predicted octanol–water partition coefficient (Wildman–Crippen LogP) is 3.05. The van der Waals surface area contributed by atoms with Crippen LogP contribution in [0.15, 0.2) is 24.3 Å². The van der Waals surface area contributed by atoms with E-state index < -0.39 is 29.8 Å². The first-order chi connectivity index (χ1) is 12.3. The molecule has 1 aromatic carbocycles. The summed E-state index contributed by atoms with van der Waals surface area (Å²) in [4.78, 5) is 12.1. The number of benzene rings is 1. The third kappa shape index (κ3) is 3.67. The Labute approximate surface area is 162 Å². The molecule has 148 valence electrons. The van der Waals surface area contributed by atoms with Crippen molar-refractivity contribution in [2.45, 2.75) is 77.5 Å². The summed E-state index contributed by atoms with van der Waals surface area (Å²) < 4.78 is 12.1. The zero-order chi connectivity index (χ0) is 20.3. The third-order valence-electron chi connectivity index (χ3n) is 6.75. The Balaban J connectivity index is 1.83. The van der Waals surface area contributed by atoms with Crippen molar-refractivity contribution in [3.8, 4) is 0 Å². The predicted molar refractivity (Wildman–Crippen MR) is 107 cm³/mol. The fourth-order valence-corrected chi connectivity index (χ4v) is 3.95. The number of carbonyl (C=O) groups is 1. The Morgan fingerprint density at radius 1 is 1.15 bits per heavy atom. The smallest absolute Gasteiger partial charge is 0.480 e. The quantitative estimate of drug-likeness (QED) is 0.749. The van der Waals surface area contributed by atoms with Crippen LogP contribution in [0.25, 0.3) is 0 Å². The molecule has 1 saturated carbocycles. The largest absolute Gasteiger partial charge is 0.494 e. The molecule has 3 N–H and O–H groups in total. The SMILES string of the molecule is CC(C)(CC(N)(C(=O)O)c1ccc(B2OC(C)(C)C(C)(C)O2)cc1)C1CC1. The van der Waals surface area contributed by atoms with Crippen molar-refractivity contribution in [3.05, 3.63) is 29.8 Å². The van der Waals surface area contributed by atoms with Crippen molar-refractivity contribution in [1.29, 1.82) is 0 Å². The maximum Gasteiger partial charge on any atom is 0.494 e. The average Bonchev–Trinajstić information content (AvgIpc) is 3.35. The van der Waals surface area contributed by atoms with Crippen LogP contribution in [-0.4, -0.2) is 29.4 Å². The van der Waals surface area contributed by atoms with Crippen LogP contribution in [0.2, 0.25) is 0 Å². The van der Waals surface area contributed by atoms with E-state index in [1.165, 1.54) is 0 Å². The van der Waals surface area contributed by atoms with E-state index in [2.05, 4.69) is 13.8 Å². The molecule has 1 atom stereocenters. The van der Waals surface area contributed by atoms with Crippen LogP contribution in [0.1, 0.15) is 66.4 Å². The Morgan fingerprint density at radius 3 is 2.04 bits per heavy atom. The zero-order valence-corrected chi connectivity index (χ0v) is 17.3. The van der Waals surface area contributed by atoms with E-state index in [0.717, 1.165) is 18.3 Å². The summed E-state index contributed by atoms with van der Waals surface area (Å²) in [5, 5.41) is 9.90. The minimum Gasteiger partial charge on any atom is -0.480 e. The van der Waals surface area contributed by atoms with E-state index in [0.29, 0.717) is 17.9 Å². The van der Waals surface area contributed by atoms with Gasteiger partial charge in [0.1, 0.15) is 5.54 Å².